The normalized spacial score (nSPS) is 44.0. The second-order valence-corrected chi connectivity index (χ2v) is 9.54. The Balaban J connectivity index is 1.21. The number of piperazine rings is 1. The molecule has 1 heterocycles. The van der Waals surface area contributed by atoms with Gasteiger partial charge in [-0.3, -0.25) is 0 Å². The zero-order valence-corrected chi connectivity index (χ0v) is 15.4. The standard InChI is InChI=1S/C21H29ClN2/c22-20-4-2-1-3-17(20)14-23-5-7-24(8-6-23)21-18-10-15-9-16(12-18)13-19(21)11-15/h1-4,15-16,18-19,21H,5-14H2/p+2. The molecular weight excluding hydrogens is 316 g/mol. The average Bonchev–Trinajstić information content (AvgIpc) is 2.57. The van der Waals surface area contributed by atoms with E-state index in [-0.39, 0.29) is 0 Å². The van der Waals surface area contributed by atoms with Crippen LogP contribution in [0.1, 0.15) is 37.7 Å². The summed E-state index contributed by atoms with van der Waals surface area (Å²) in [4.78, 5) is 3.70. The number of rotatable bonds is 3. The molecule has 1 aromatic rings. The molecule has 5 fully saturated rings. The number of quaternary nitrogens is 2. The van der Waals surface area contributed by atoms with E-state index in [2.05, 4.69) is 12.1 Å². The van der Waals surface area contributed by atoms with E-state index in [0.29, 0.717) is 0 Å². The van der Waals surface area contributed by atoms with Crippen LogP contribution in [0.5, 0.6) is 0 Å². The van der Waals surface area contributed by atoms with Crippen molar-refractivity contribution in [3.63, 3.8) is 0 Å². The molecule has 4 aliphatic carbocycles. The summed E-state index contributed by atoms with van der Waals surface area (Å²) in [6.07, 6.45) is 7.84. The van der Waals surface area contributed by atoms with Gasteiger partial charge in [-0.05, 0) is 50.0 Å². The third-order valence-corrected chi connectivity index (χ3v) is 8.06. The summed E-state index contributed by atoms with van der Waals surface area (Å²) in [7, 11) is 0. The summed E-state index contributed by atoms with van der Waals surface area (Å²) in [6.45, 7) is 6.51. The lowest BCUT2D eigenvalue weighted by molar-refractivity contribution is -1.03. The molecule has 0 spiro atoms. The van der Waals surface area contributed by atoms with Crippen LogP contribution in [0.25, 0.3) is 0 Å². The summed E-state index contributed by atoms with van der Waals surface area (Å²) in [6, 6.07) is 9.41. The number of hydrogen-bond acceptors (Lipinski definition) is 0. The van der Waals surface area contributed by atoms with Crippen LogP contribution in [0.4, 0.5) is 0 Å². The predicted molar refractivity (Wildman–Crippen MR) is 97.4 cm³/mol. The van der Waals surface area contributed by atoms with Crippen LogP contribution < -0.4 is 9.80 Å². The van der Waals surface area contributed by atoms with Gasteiger partial charge in [0.25, 0.3) is 0 Å². The number of nitrogens with one attached hydrogen (secondary N) is 2. The minimum atomic E-state index is 0.945. The van der Waals surface area contributed by atoms with E-state index < -0.39 is 0 Å². The van der Waals surface area contributed by atoms with Gasteiger partial charge in [0, 0.05) is 22.4 Å². The largest absolute Gasteiger partial charge is 0.323 e. The van der Waals surface area contributed by atoms with Crippen LogP contribution in [-0.2, 0) is 6.54 Å². The Bertz CT molecular complexity index is 565. The second kappa shape index (κ2) is 6.30. The minimum absolute atomic E-state index is 0.945. The lowest BCUT2D eigenvalue weighted by Gasteiger charge is -2.55. The van der Waals surface area contributed by atoms with Crippen LogP contribution in [0.3, 0.4) is 0 Å². The summed E-state index contributed by atoms with van der Waals surface area (Å²) in [5.41, 5.74) is 1.33. The Morgan fingerprint density at radius 1 is 0.833 bits per heavy atom. The first kappa shape index (κ1) is 15.7. The fraction of sp³-hybridized carbons (Fsp3) is 0.714. The topological polar surface area (TPSA) is 8.88 Å². The van der Waals surface area contributed by atoms with Crippen molar-refractivity contribution in [3.8, 4) is 0 Å². The minimum Gasteiger partial charge on any atom is -0.323 e. The summed E-state index contributed by atoms with van der Waals surface area (Å²) in [5.74, 6) is 4.35. The molecule has 1 aliphatic heterocycles. The van der Waals surface area contributed by atoms with E-state index in [0.717, 1.165) is 41.3 Å². The van der Waals surface area contributed by atoms with Gasteiger partial charge < -0.3 is 9.80 Å². The highest BCUT2D eigenvalue weighted by Crippen LogP contribution is 2.52. The van der Waals surface area contributed by atoms with Crippen molar-refractivity contribution in [2.75, 3.05) is 26.2 Å². The summed E-state index contributed by atoms with van der Waals surface area (Å²) in [5, 5.41) is 0.945. The molecule has 0 unspecified atom stereocenters. The maximum absolute atomic E-state index is 6.36. The molecule has 5 aliphatic rings. The van der Waals surface area contributed by atoms with Gasteiger partial charge in [0.2, 0.25) is 0 Å². The maximum atomic E-state index is 6.36. The third kappa shape index (κ3) is 2.81. The SMILES string of the molecule is Clc1ccccc1C[NH+]1CC[NH+](C2C3CC4CC(C3)CC2C4)CC1. The number of halogens is 1. The Morgan fingerprint density at radius 2 is 1.46 bits per heavy atom. The molecule has 4 saturated carbocycles. The van der Waals surface area contributed by atoms with Gasteiger partial charge in [-0.2, -0.15) is 0 Å². The van der Waals surface area contributed by atoms with Gasteiger partial charge in [0.1, 0.15) is 32.7 Å². The molecule has 1 saturated heterocycles. The predicted octanol–water partition coefficient (Wildman–Crippen LogP) is 1.45. The summed E-state index contributed by atoms with van der Waals surface area (Å²) < 4.78 is 0. The molecule has 6 rings (SSSR count). The molecule has 24 heavy (non-hydrogen) atoms. The van der Waals surface area contributed by atoms with Crippen LogP contribution in [-0.4, -0.2) is 32.2 Å². The van der Waals surface area contributed by atoms with Gasteiger partial charge in [0.15, 0.2) is 0 Å². The molecule has 0 radical (unpaired) electrons. The first-order valence-electron chi connectivity index (χ1n) is 10.2. The van der Waals surface area contributed by atoms with Crippen molar-refractivity contribution >= 4 is 11.6 Å². The molecule has 0 amide bonds. The summed E-state index contributed by atoms with van der Waals surface area (Å²) >= 11 is 6.36. The molecule has 2 N–H and O–H groups in total. The molecule has 1 aromatic carbocycles. The van der Waals surface area contributed by atoms with Crippen molar-refractivity contribution in [2.45, 2.75) is 44.7 Å². The van der Waals surface area contributed by atoms with Crippen molar-refractivity contribution in [3.05, 3.63) is 34.9 Å². The van der Waals surface area contributed by atoms with Crippen molar-refractivity contribution < 1.29 is 9.80 Å². The average molecular weight is 347 g/mol. The highest BCUT2D eigenvalue weighted by Gasteiger charge is 2.52. The van der Waals surface area contributed by atoms with Crippen LogP contribution in [0.15, 0.2) is 24.3 Å². The van der Waals surface area contributed by atoms with E-state index in [1.54, 1.807) is 37.0 Å². The van der Waals surface area contributed by atoms with E-state index in [1.807, 2.05) is 17.0 Å². The molecule has 130 valence electrons. The number of benzene rings is 1. The maximum Gasteiger partial charge on any atom is 0.127 e. The van der Waals surface area contributed by atoms with Crippen molar-refractivity contribution in [2.24, 2.45) is 23.7 Å². The zero-order chi connectivity index (χ0) is 16.1. The Kier molecular flexibility index (Phi) is 4.11. The first-order valence-corrected chi connectivity index (χ1v) is 10.6. The van der Waals surface area contributed by atoms with Gasteiger partial charge in [-0.1, -0.05) is 29.8 Å². The molecule has 0 atom stereocenters. The van der Waals surface area contributed by atoms with Crippen molar-refractivity contribution in [1.82, 2.24) is 0 Å². The van der Waals surface area contributed by atoms with E-state index in [1.165, 1.54) is 31.7 Å². The van der Waals surface area contributed by atoms with E-state index >= 15 is 0 Å². The highest BCUT2D eigenvalue weighted by molar-refractivity contribution is 6.31. The van der Waals surface area contributed by atoms with Crippen LogP contribution >= 0.6 is 11.6 Å². The van der Waals surface area contributed by atoms with E-state index in [4.69, 9.17) is 11.6 Å². The molecular formula is C21H31ClN2+2. The Morgan fingerprint density at radius 3 is 2.08 bits per heavy atom. The lowest BCUT2D eigenvalue weighted by Crippen LogP contribution is -3.30. The lowest BCUT2D eigenvalue weighted by atomic mass is 9.54. The Hall–Kier alpha value is -0.570. The fourth-order valence-electron chi connectivity index (χ4n) is 6.94. The fourth-order valence-corrected chi connectivity index (χ4v) is 7.14. The molecule has 0 aromatic heterocycles. The molecule has 3 heteroatoms. The van der Waals surface area contributed by atoms with Crippen LogP contribution in [0, 0.1) is 23.7 Å². The number of hydrogen-bond donors (Lipinski definition) is 2. The van der Waals surface area contributed by atoms with Crippen LogP contribution in [0.2, 0.25) is 5.02 Å². The highest BCUT2D eigenvalue weighted by atomic mass is 35.5. The monoisotopic (exact) mass is 346 g/mol. The van der Waals surface area contributed by atoms with Gasteiger partial charge in [-0.15, -0.1) is 0 Å². The molecule has 4 bridgehead atoms. The smallest absolute Gasteiger partial charge is 0.127 e. The van der Waals surface area contributed by atoms with Gasteiger partial charge >= 0.3 is 0 Å². The zero-order valence-electron chi connectivity index (χ0n) is 14.6. The quantitative estimate of drug-likeness (QED) is 0.819. The second-order valence-electron chi connectivity index (χ2n) is 9.13. The molecule has 2 nitrogen and oxygen atoms in total. The van der Waals surface area contributed by atoms with Gasteiger partial charge in [-0.25, -0.2) is 0 Å². The van der Waals surface area contributed by atoms with E-state index in [9.17, 15) is 0 Å². The van der Waals surface area contributed by atoms with Crippen molar-refractivity contribution in [1.29, 1.82) is 0 Å². The Labute approximate surface area is 151 Å². The third-order valence-electron chi connectivity index (χ3n) is 7.70. The van der Waals surface area contributed by atoms with Gasteiger partial charge in [0.05, 0.1) is 6.04 Å². The first-order chi connectivity index (χ1) is 11.8.